The first kappa shape index (κ1) is 8.66. The van der Waals surface area contributed by atoms with Gasteiger partial charge in [0.1, 0.15) is 5.82 Å². The molecule has 0 spiro atoms. The molecule has 2 nitrogen and oxygen atoms in total. The van der Waals surface area contributed by atoms with E-state index in [4.69, 9.17) is 5.73 Å². The summed E-state index contributed by atoms with van der Waals surface area (Å²) in [5, 5.41) is 9.48. The fraction of sp³-hybridized carbons (Fsp3) is 0.400. The second-order valence-corrected chi connectivity index (χ2v) is 3.47. The van der Waals surface area contributed by atoms with E-state index in [1.54, 1.807) is 6.07 Å². The summed E-state index contributed by atoms with van der Waals surface area (Å²) in [6.07, 6.45) is 0.845. The smallest absolute Gasteiger partial charge is 0.123 e. The van der Waals surface area contributed by atoms with E-state index < -0.39 is 6.10 Å². The lowest BCUT2D eigenvalue weighted by molar-refractivity contribution is 0.128. The van der Waals surface area contributed by atoms with Crippen LogP contribution >= 0.6 is 0 Å². The number of fused-ring (bicyclic) bond motifs is 1. The van der Waals surface area contributed by atoms with Crippen molar-refractivity contribution in [1.82, 2.24) is 0 Å². The molecule has 70 valence electrons. The normalized spacial score (nSPS) is 27.0. The maximum absolute atomic E-state index is 12.8. The monoisotopic (exact) mass is 181 g/mol. The van der Waals surface area contributed by atoms with Crippen LogP contribution in [0.5, 0.6) is 0 Å². The third-order valence-electron chi connectivity index (χ3n) is 2.59. The molecule has 0 bridgehead atoms. The van der Waals surface area contributed by atoms with Crippen LogP contribution in [0.15, 0.2) is 18.2 Å². The van der Waals surface area contributed by atoms with Gasteiger partial charge in [0.05, 0.1) is 12.1 Å². The van der Waals surface area contributed by atoms with E-state index in [9.17, 15) is 9.50 Å². The SMILES string of the molecule is N[C@@H]1c2ccc(F)cc2CC[C@@H]1O. The van der Waals surface area contributed by atoms with E-state index in [2.05, 4.69) is 0 Å². The third-order valence-corrected chi connectivity index (χ3v) is 2.59. The van der Waals surface area contributed by atoms with Crippen molar-refractivity contribution in [2.24, 2.45) is 5.73 Å². The van der Waals surface area contributed by atoms with E-state index >= 15 is 0 Å². The van der Waals surface area contributed by atoms with Crippen LogP contribution in [0, 0.1) is 5.82 Å². The number of aliphatic hydroxyl groups is 1. The molecule has 0 heterocycles. The molecule has 0 unspecified atom stereocenters. The lowest BCUT2D eigenvalue weighted by atomic mass is 9.86. The fourth-order valence-electron chi connectivity index (χ4n) is 1.81. The number of aryl methyl sites for hydroxylation is 1. The van der Waals surface area contributed by atoms with Gasteiger partial charge in [0, 0.05) is 0 Å². The first-order valence-electron chi connectivity index (χ1n) is 4.40. The highest BCUT2D eigenvalue weighted by Gasteiger charge is 2.24. The molecule has 1 aliphatic rings. The minimum Gasteiger partial charge on any atom is -0.391 e. The molecule has 0 amide bonds. The van der Waals surface area contributed by atoms with Gasteiger partial charge in [-0.05, 0) is 36.1 Å². The van der Waals surface area contributed by atoms with Crippen molar-refractivity contribution in [1.29, 1.82) is 0 Å². The average Bonchev–Trinajstić information content (AvgIpc) is 2.12. The van der Waals surface area contributed by atoms with E-state index in [-0.39, 0.29) is 11.9 Å². The molecule has 0 aliphatic heterocycles. The first-order valence-corrected chi connectivity index (χ1v) is 4.40. The minimum atomic E-state index is -0.488. The van der Waals surface area contributed by atoms with Gasteiger partial charge in [0.2, 0.25) is 0 Å². The lowest BCUT2D eigenvalue weighted by Crippen LogP contribution is -2.31. The van der Waals surface area contributed by atoms with Gasteiger partial charge in [-0.15, -0.1) is 0 Å². The Balaban J connectivity index is 2.44. The number of hydrogen-bond donors (Lipinski definition) is 2. The van der Waals surface area contributed by atoms with Crippen LogP contribution in [0.2, 0.25) is 0 Å². The van der Waals surface area contributed by atoms with E-state index in [0.717, 1.165) is 11.1 Å². The van der Waals surface area contributed by atoms with Crippen LogP contribution in [-0.2, 0) is 6.42 Å². The second kappa shape index (κ2) is 3.09. The Morgan fingerprint density at radius 1 is 1.46 bits per heavy atom. The van der Waals surface area contributed by atoms with Crippen LogP contribution in [0.4, 0.5) is 4.39 Å². The third kappa shape index (κ3) is 1.45. The summed E-state index contributed by atoms with van der Waals surface area (Å²) < 4.78 is 12.8. The van der Waals surface area contributed by atoms with Crippen LogP contribution in [0.25, 0.3) is 0 Å². The van der Waals surface area contributed by atoms with Crippen molar-refractivity contribution in [3.05, 3.63) is 35.1 Å². The van der Waals surface area contributed by atoms with Gasteiger partial charge in [0.25, 0.3) is 0 Å². The Morgan fingerprint density at radius 3 is 3.00 bits per heavy atom. The second-order valence-electron chi connectivity index (χ2n) is 3.47. The number of nitrogens with two attached hydrogens (primary N) is 1. The van der Waals surface area contributed by atoms with E-state index in [1.807, 2.05) is 0 Å². The summed E-state index contributed by atoms with van der Waals surface area (Å²) in [4.78, 5) is 0. The van der Waals surface area contributed by atoms with Gasteiger partial charge in [-0.25, -0.2) is 4.39 Å². The predicted molar refractivity (Wildman–Crippen MR) is 47.7 cm³/mol. The Hall–Kier alpha value is -0.930. The Labute approximate surface area is 76.2 Å². The standard InChI is InChI=1S/C10H12FNO/c11-7-2-3-8-6(5-7)1-4-9(13)10(8)12/h2-3,5,9-10,13H,1,4,12H2/t9-,10+/m0/s1. The van der Waals surface area contributed by atoms with Gasteiger partial charge >= 0.3 is 0 Å². The molecular formula is C10H12FNO. The highest BCUT2D eigenvalue weighted by molar-refractivity contribution is 5.33. The van der Waals surface area contributed by atoms with Crippen molar-refractivity contribution in [3.63, 3.8) is 0 Å². The molecule has 0 aromatic heterocycles. The number of rotatable bonds is 0. The summed E-state index contributed by atoms with van der Waals surface area (Å²) in [5.74, 6) is -0.234. The molecule has 3 N–H and O–H groups in total. The van der Waals surface area contributed by atoms with E-state index in [0.29, 0.717) is 12.8 Å². The number of halogens is 1. The molecule has 1 aromatic rings. The lowest BCUT2D eigenvalue weighted by Gasteiger charge is -2.27. The molecule has 3 heteroatoms. The minimum absolute atomic E-state index is 0.234. The van der Waals surface area contributed by atoms with Crippen molar-refractivity contribution in [2.75, 3.05) is 0 Å². The molecular weight excluding hydrogens is 169 g/mol. The maximum atomic E-state index is 12.8. The average molecular weight is 181 g/mol. The van der Waals surface area contributed by atoms with Gasteiger partial charge in [-0.1, -0.05) is 6.07 Å². The molecule has 1 aliphatic carbocycles. The van der Waals surface area contributed by atoms with Gasteiger partial charge in [-0.2, -0.15) is 0 Å². The van der Waals surface area contributed by atoms with Crippen molar-refractivity contribution >= 4 is 0 Å². The van der Waals surface area contributed by atoms with Gasteiger partial charge in [-0.3, -0.25) is 0 Å². The Morgan fingerprint density at radius 2 is 2.23 bits per heavy atom. The number of aliphatic hydroxyl groups excluding tert-OH is 1. The van der Waals surface area contributed by atoms with Crippen LogP contribution < -0.4 is 5.73 Å². The molecule has 0 saturated heterocycles. The predicted octanol–water partition coefficient (Wildman–Crippen LogP) is 1.13. The Kier molecular flexibility index (Phi) is 2.06. The topological polar surface area (TPSA) is 46.2 Å². The van der Waals surface area contributed by atoms with E-state index in [1.165, 1.54) is 12.1 Å². The zero-order valence-electron chi connectivity index (χ0n) is 7.20. The maximum Gasteiger partial charge on any atom is 0.123 e. The molecule has 0 fully saturated rings. The molecule has 13 heavy (non-hydrogen) atoms. The largest absolute Gasteiger partial charge is 0.391 e. The summed E-state index contributed by atoms with van der Waals surface area (Å²) in [6.45, 7) is 0. The number of hydrogen-bond acceptors (Lipinski definition) is 2. The fourth-order valence-corrected chi connectivity index (χ4v) is 1.81. The summed E-state index contributed by atoms with van der Waals surface area (Å²) in [7, 11) is 0. The number of benzene rings is 1. The quantitative estimate of drug-likeness (QED) is 0.630. The molecule has 2 rings (SSSR count). The van der Waals surface area contributed by atoms with Crippen molar-refractivity contribution in [3.8, 4) is 0 Å². The summed E-state index contributed by atoms with van der Waals surface area (Å²) >= 11 is 0. The van der Waals surface area contributed by atoms with Crippen LogP contribution in [0.3, 0.4) is 0 Å². The van der Waals surface area contributed by atoms with Crippen molar-refractivity contribution < 1.29 is 9.50 Å². The highest BCUT2D eigenvalue weighted by Crippen LogP contribution is 2.28. The molecule has 1 aromatic carbocycles. The Bertz CT molecular complexity index is 327. The molecule has 0 radical (unpaired) electrons. The van der Waals surface area contributed by atoms with Crippen LogP contribution in [-0.4, -0.2) is 11.2 Å². The zero-order chi connectivity index (χ0) is 9.42. The molecule has 2 atom stereocenters. The van der Waals surface area contributed by atoms with Gasteiger partial charge < -0.3 is 10.8 Å². The molecule has 0 saturated carbocycles. The summed E-state index contributed by atoms with van der Waals surface area (Å²) in [6, 6.07) is 4.19. The first-order chi connectivity index (χ1) is 6.18. The van der Waals surface area contributed by atoms with Gasteiger partial charge in [0.15, 0.2) is 0 Å². The summed E-state index contributed by atoms with van der Waals surface area (Å²) in [5.41, 5.74) is 7.57. The van der Waals surface area contributed by atoms with Crippen LogP contribution in [0.1, 0.15) is 23.6 Å². The van der Waals surface area contributed by atoms with Crippen molar-refractivity contribution in [2.45, 2.75) is 25.0 Å². The highest BCUT2D eigenvalue weighted by atomic mass is 19.1. The zero-order valence-corrected chi connectivity index (χ0v) is 7.20.